The predicted octanol–water partition coefficient (Wildman–Crippen LogP) is 5.04. The molecule has 1 atom stereocenters. The Hall–Kier alpha value is -0.120. The quantitative estimate of drug-likeness (QED) is 0.552. The molecule has 0 aromatic heterocycles. The highest BCUT2D eigenvalue weighted by Crippen LogP contribution is 2.44. The van der Waals surface area contributed by atoms with Gasteiger partial charge in [-0.1, -0.05) is 58.3 Å². The standard InChI is InChI=1S/C19H37NO2/c1-3-18(12-8-4-5-9-13-18)20(22)19(16-17(2)21)14-10-6-7-11-15-19/h17,21-22H,3-16H2,1-2H3. The fourth-order valence-corrected chi connectivity index (χ4v) is 5.04. The molecule has 0 aromatic carbocycles. The van der Waals surface area contributed by atoms with Crippen molar-refractivity contribution >= 4 is 0 Å². The Kier molecular flexibility index (Phi) is 6.73. The average molecular weight is 312 g/mol. The lowest BCUT2D eigenvalue weighted by Crippen LogP contribution is -2.59. The van der Waals surface area contributed by atoms with Gasteiger partial charge in [0.15, 0.2) is 0 Å². The first kappa shape index (κ1) is 18.2. The largest absolute Gasteiger partial charge is 0.393 e. The SMILES string of the molecule is CCC1(N(O)C2(CC(C)O)CCCCCC2)CCCCCC1. The summed E-state index contributed by atoms with van der Waals surface area (Å²) in [4.78, 5) is 0. The molecule has 1 unspecified atom stereocenters. The van der Waals surface area contributed by atoms with Crippen LogP contribution in [0, 0.1) is 0 Å². The van der Waals surface area contributed by atoms with Crippen molar-refractivity contribution in [3.05, 3.63) is 0 Å². The van der Waals surface area contributed by atoms with Gasteiger partial charge in [-0.15, -0.1) is 0 Å². The molecule has 22 heavy (non-hydrogen) atoms. The molecule has 2 aliphatic rings. The monoisotopic (exact) mass is 311 g/mol. The second kappa shape index (κ2) is 8.12. The molecule has 2 rings (SSSR count). The minimum atomic E-state index is -0.340. The zero-order chi connectivity index (χ0) is 16.1. The molecule has 2 fully saturated rings. The van der Waals surface area contributed by atoms with Crippen molar-refractivity contribution in [2.24, 2.45) is 0 Å². The van der Waals surface area contributed by atoms with Crippen molar-refractivity contribution < 1.29 is 10.3 Å². The summed E-state index contributed by atoms with van der Waals surface area (Å²) in [7, 11) is 0. The van der Waals surface area contributed by atoms with Gasteiger partial charge in [-0.25, -0.2) is 0 Å². The van der Waals surface area contributed by atoms with Crippen molar-refractivity contribution in [1.29, 1.82) is 0 Å². The zero-order valence-corrected chi connectivity index (χ0v) is 14.8. The Bertz CT molecular complexity index is 313. The molecule has 0 aliphatic heterocycles. The Morgan fingerprint density at radius 3 is 1.59 bits per heavy atom. The topological polar surface area (TPSA) is 43.7 Å². The molecular weight excluding hydrogens is 274 g/mol. The third-order valence-electron chi connectivity index (χ3n) is 6.30. The molecular formula is C19H37NO2. The summed E-state index contributed by atoms with van der Waals surface area (Å²) in [6.45, 7) is 4.12. The molecule has 3 nitrogen and oxygen atoms in total. The normalized spacial score (nSPS) is 27.1. The van der Waals surface area contributed by atoms with Gasteiger partial charge in [0, 0.05) is 11.1 Å². The van der Waals surface area contributed by atoms with E-state index < -0.39 is 0 Å². The van der Waals surface area contributed by atoms with Crippen LogP contribution in [0.4, 0.5) is 0 Å². The maximum atomic E-state index is 11.4. The van der Waals surface area contributed by atoms with Crippen molar-refractivity contribution in [2.75, 3.05) is 0 Å². The first-order valence-corrected chi connectivity index (χ1v) is 9.72. The molecule has 0 spiro atoms. The van der Waals surface area contributed by atoms with Gasteiger partial charge in [-0.2, -0.15) is 5.06 Å². The van der Waals surface area contributed by atoms with Crippen LogP contribution >= 0.6 is 0 Å². The molecule has 0 amide bonds. The van der Waals surface area contributed by atoms with Crippen LogP contribution in [0.3, 0.4) is 0 Å². The molecule has 0 bridgehead atoms. The molecule has 0 heterocycles. The lowest BCUT2D eigenvalue weighted by atomic mass is 9.77. The molecule has 130 valence electrons. The minimum Gasteiger partial charge on any atom is -0.393 e. The van der Waals surface area contributed by atoms with E-state index in [1.54, 1.807) is 5.06 Å². The summed E-state index contributed by atoms with van der Waals surface area (Å²) >= 11 is 0. The van der Waals surface area contributed by atoms with E-state index in [9.17, 15) is 10.3 Å². The maximum Gasteiger partial charge on any atom is 0.0530 e. The highest BCUT2D eigenvalue weighted by Gasteiger charge is 2.47. The van der Waals surface area contributed by atoms with E-state index in [0.717, 1.165) is 32.1 Å². The Morgan fingerprint density at radius 1 is 0.818 bits per heavy atom. The van der Waals surface area contributed by atoms with E-state index in [1.807, 2.05) is 6.92 Å². The summed E-state index contributed by atoms with van der Waals surface area (Å²) < 4.78 is 0. The van der Waals surface area contributed by atoms with Crippen molar-refractivity contribution in [3.63, 3.8) is 0 Å². The Labute approximate surface area is 137 Å². The minimum absolute atomic E-state index is 0.0598. The molecule has 2 saturated carbocycles. The predicted molar refractivity (Wildman–Crippen MR) is 91.1 cm³/mol. The van der Waals surface area contributed by atoms with Crippen LogP contribution in [0.5, 0.6) is 0 Å². The van der Waals surface area contributed by atoms with Gasteiger partial charge in [0.25, 0.3) is 0 Å². The number of hydrogen-bond donors (Lipinski definition) is 2. The van der Waals surface area contributed by atoms with Crippen LogP contribution < -0.4 is 0 Å². The lowest BCUT2D eigenvalue weighted by Gasteiger charge is -2.51. The van der Waals surface area contributed by atoms with Crippen LogP contribution in [0.15, 0.2) is 0 Å². The number of aliphatic hydroxyl groups is 1. The summed E-state index contributed by atoms with van der Waals surface area (Å²) in [5.41, 5.74) is -0.263. The van der Waals surface area contributed by atoms with E-state index in [0.29, 0.717) is 6.42 Å². The Morgan fingerprint density at radius 2 is 1.23 bits per heavy atom. The van der Waals surface area contributed by atoms with Gasteiger partial charge in [0.2, 0.25) is 0 Å². The number of hydrogen-bond acceptors (Lipinski definition) is 3. The number of hydroxylamine groups is 2. The first-order valence-electron chi connectivity index (χ1n) is 9.72. The lowest BCUT2D eigenvalue weighted by molar-refractivity contribution is -0.258. The molecule has 0 saturated heterocycles. The molecule has 0 aromatic rings. The number of aliphatic hydroxyl groups excluding tert-OH is 1. The maximum absolute atomic E-state index is 11.4. The van der Waals surface area contributed by atoms with Gasteiger partial charge in [-0.05, 0) is 45.4 Å². The van der Waals surface area contributed by atoms with Crippen LogP contribution in [-0.2, 0) is 0 Å². The highest BCUT2D eigenvalue weighted by molar-refractivity contribution is 4.99. The van der Waals surface area contributed by atoms with Crippen LogP contribution in [0.25, 0.3) is 0 Å². The van der Waals surface area contributed by atoms with E-state index in [1.165, 1.54) is 51.4 Å². The van der Waals surface area contributed by atoms with E-state index in [-0.39, 0.29) is 17.2 Å². The fraction of sp³-hybridized carbons (Fsp3) is 1.00. The zero-order valence-electron chi connectivity index (χ0n) is 14.8. The molecule has 3 heteroatoms. The van der Waals surface area contributed by atoms with Crippen molar-refractivity contribution in [1.82, 2.24) is 5.06 Å². The van der Waals surface area contributed by atoms with E-state index in [4.69, 9.17) is 0 Å². The van der Waals surface area contributed by atoms with Crippen LogP contribution in [0.2, 0.25) is 0 Å². The molecule has 2 aliphatic carbocycles. The average Bonchev–Trinajstić information content (AvgIpc) is 2.87. The van der Waals surface area contributed by atoms with Crippen LogP contribution in [0.1, 0.15) is 104 Å². The third-order valence-corrected chi connectivity index (χ3v) is 6.30. The van der Waals surface area contributed by atoms with Gasteiger partial charge >= 0.3 is 0 Å². The number of rotatable bonds is 5. The molecule has 2 N–H and O–H groups in total. The second-order valence-electron chi connectivity index (χ2n) is 8.00. The van der Waals surface area contributed by atoms with Gasteiger partial charge in [-0.3, -0.25) is 0 Å². The van der Waals surface area contributed by atoms with Gasteiger partial charge < -0.3 is 10.3 Å². The fourth-order valence-electron chi connectivity index (χ4n) is 5.04. The summed E-state index contributed by atoms with van der Waals surface area (Å²) in [6.07, 6.45) is 15.7. The first-order chi connectivity index (χ1) is 10.5. The Balaban J connectivity index is 2.26. The smallest absolute Gasteiger partial charge is 0.0530 e. The number of nitrogens with zero attached hydrogens (tertiary/aromatic N) is 1. The van der Waals surface area contributed by atoms with Gasteiger partial charge in [0.05, 0.1) is 6.10 Å². The van der Waals surface area contributed by atoms with Crippen molar-refractivity contribution in [2.45, 2.75) is 121 Å². The van der Waals surface area contributed by atoms with E-state index in [2.05, 4.69) is 6.92 Å². The summed E-state index contributed by atoms with van der Waals surface area (Å²) in [6, 6.07) is 0. The second-order valence-corrected chi connectivity index (χ2v) is 8.00. The highest BCUT2D eigenvalue weighted by atomic mass is 16.5. The van der Waals surface area contributed by atoms with Gasteiger partial charge in [0.1, 0.15) is 0 Å². The third kappa shape index (κ3) is 4.04. The summed E-state index contributed by atoms with van der Waals surface area (Å²) in [5.74, 6) is 0. The van der Waals surface area contributed by atoms with Crippen molar-refractivity contribution in [3.8, 4) is 0 Å². The molecule has 0 radical (unpaired) electrons. The van der Waals surface area contributed by atoms with Crippen LogP contribution in [-0.4, -0.2) is 32.6 Å². The summed E-state index contributed by atoms with van der Waals surface area (Å²) in [5, 5.41) is 23.3. The van der Waals surface area contributed by atoms with E-state index >= 15 is 0 Å².